The van der Waals surface area contributed by atoms with Crippen LogP contribution in [0.4, 0.5) is 0 Å². The van der Waals surface area contributed by atoms with Crippen LogP contribution in [0.15, 0.2) is 42.5 Å². The third kappa shape index (κ3) is 4.05. The maximum absolute atomic E-state index is 12.3. The zero-order valence-electron chi connectivity index (χ0n) is 14.5. The van der Waals surface area contributed by atoms with Gasteiger partial charge in [-0.15, -0.1) is 0 Å². The quantitative estimate of drug-likeness (QED) is 0.813. The Morgan fingerprint density at radius 2 is 1.84 bits per heavy atom. The second kappa shape index (κ2) is 7.47. The van der Waals surface area contributed by atoms with Crippen LogP contribution >= 0.6 is 0 Å². The number of methoxy groups -OCH3 is 2. The lowest BCUT2D eigenvalue weighted by molar-refractivity contribution is -0.122. The van der Waals surface area contributed by atoms with E-state index in [4.69, 9.17) is 9.47 Å². The average molecular weight is 341 g/mol. The van der Waals surface area contributed by atoms with Gasteiger partial charge in [0.25, 0.3) is 0 Å². The highest BCUT2D eigenvalue weighted by Gasteiger charge is 2.43. The molecule has 0 bridgehead atoms. The number of nitrogens with one attached hydrogen (secondary N) is 1. The minimum absolute atomic E-state index is 0.0370. The first kappa shape index (κ1) is 17.1. The summed E-state index contributed by atoms with van der Waals surface area (Å²) in [5.74, 6) is 2.04. The first-order valence-electron chi connectivity index (χ1n) is 8.40. The van der Waals surface area contributed by atoms with Gasteiger partial charge < -0.3 is 19.9 Å². The molecule has 1 aliphatic rings. The van der Waals surface area contributed by atoms with Crippen molar-refractivity contribution in [1.29, 1.82) is 0 Å². The van der Waals surface area contributed by atoms with Crippen molar-refractivity contribution in [3.8, 4) is 17.2 Å². The molecule has 1 saturated carbocycles. The summed E-state index contributed by atoms with van der Waals surface area (Å²) in [7, 11) is 3.22. The van der Waals surface area contributed by atoms with Crippen LogP contribution in [0.25, 0.3) is 0 Å². The smallest absolute Gasteiger partial charge is 0.223 e. The largest absolute Gasteiger partial charge is 0.508 e. The normalized spacial score (nSPS) is 18.5. The van der Waals surface area contributed by atoms with Gasteiger partial charge in [-0.25, -0.2) is 0 Å². The summed E-state index contributed by atoms with van der Waals surface area (Å²) in [6.45, 7) is 0.590. The third-order valence-electron chi connectivity index (χ3n) is 4.61. The molecular formula is C20H23NO4. The van der Waals surface area contributed by atoms with Crippen LogP contribution in [0.2, 0.25) is 0 Å². The van der Waals surface area contributed by atoms with Gasteiger partial charge in [-0.05, 0) is 54.2 Å². The number of carbonyl (C=O) groups excluding carboxylic acids is 1. The average Bonchev–Trinajstić information content (AvgIpc) is 3.43. The molecule has 0 spiro atoms. The van der Waals surface area contributed by atoms with Gasteiger partial charge >= 0.3 is 0 Å². The molecule has 1 fully saturated rings. The fourth-order valence-electron chi connectivity index (χ4n) is 3.07. The molecule has 25 heavy (non-hydrogen) atoms. The number of rotatable bonds is 7. The van der Waals surface area contributed by atoms with E-state index in [1.807, 2.05) is 30.3 Å². The van der Waals surface area contributed by atoms with Gasteiger partial charge in [-0.2, -0.15) is 0 Å². The van der Waals surface area contributed by atoms with Gasteiger partial charge in [-0.1, -0.05) is 18.2 Å². The van der Waals surface area contributed by atoms with Gasteiger partial charge in [0.1, 0.15) is 5.75 Å². The lowest BCUT2D eigenvalue weighted by Crippen LogP contribution is -2.27. The Morgan fingerprint density at radius 1 is 1.12 bits per heavy atom. The first-order chi connectivity index (χ1) is 12.1. The molecule has 5 nitrogen and oxygen atoms in total. The van der Waals surface area contributed by atoms with Gasteiger partial charge in [0.05, 0.1) is 14.2 Å². The molecule has 0 aromatic heterocycles. The second-order valence-electron chi connectivity index (χ2n) is 6.27. The third-order valence-corrected chi connectivity index (χ3v) is 4.61. The monoisotopic (exact) mass is 341 g/mol. The summed E-state index contributed by atoms with van der Waals surface area (Å²) in [6.07, 6.45) is 1.61. The van der Waals surface area contributed by atoms with E-state index >= 15 is 0 Å². The maximum atomic E-state index is 12.3. The van der Waals surface area contributed by atoms with E-state index in [9.17, 15) is 9.90 Å². The molecule has 2 N–H and O–H groups in total. The van der Waals surface area contributed by atoms with E-state index in [0.717, 1.165) is 24.0 Å². The molecule has 2 atom stereocenters. The summed E-state index contributed by atoms with van der Waals surface area (Å²) < 4.78 is 10.5. The van der Waals surface area contributed by atoms with Crippen LogP contribution in [0, 0.1) is 5.92 Å². The van der Waals surface area contributed by atoms with Crippen LogP contribution in [-0.4, -0.2) is 31.8 Å². The minimum Gasteiger partial charge on any atom is -0.508 e. The molecule has 1 aliphatic carbocycles. The summed E-state index contributed by atoms with van der Waals surface area (Å²) in [5, 5.41) is 12.3. The Labute approximate surface area is 147 Å². The molecule has 0 radical (unpaired) electrons. The zero-order valence-corrected chi connectivity index (χ0v) is 14.5. The molecule has 0 heterocycles. The number of hydrogen-bond acceptors (Lipinski definition) is 4. The van der Waals surface area contributed by atoms with Crippen LogP contribution in [0.5, 0.6) is 17.2 Å². The highest BCUT2D eigenvalue weighted by atomic mass is 16.5. The van der Waals surface area contributed by atoms with Crippen molar-refractivity contribution in [3.63, 3.8) is 0 Å². The Bertz CT molecular complexity index is 742. The predicted octanol–water partition coefficient (Wildman–Crippen LogP) is 2.87. The van der Waals surface area contributed by atoms with Crippen LogP contribution in [-0.2, 0) is 11.2 Å². The summed E-state index contributed by atoms with van der Waals surface area (Å²) in [5.41, 5.74) is 2.20. The van der Waals surface area contributed by atoms with Gasteiger partial charge in [0.2, 0.25) is 5.91 Å². The van der Waals surface area contributed by atoms with Crippen molar-refractivity contribution >= 4 is 5.91 Å². The molecule has 0 saturated heterocycles. The maximum Gasteiger partial charge on any atom is 0.223 e. The Hall–Kier alpha value is -2.69. The fraction of sp³-hybridized carbons (Fsp3) is 0.350. The minimum atomic E-state index is 0.0370. The van der Waals surface area contributed by atoms with Gasteiger partial charge in [-0.3, -0.25) is 4.79 Å². The molecule has 2 aromatic carbocycles. The molecule has 3 rings (SSSR count). The van der Waals surface area contributed by atoms with E-state index < -0.39 is 0 Å². The first-order valence-corrected chi connectivity index (χ1v) is 8.40. The van der Waals surface area contributed by atoms with Crippen LogP contribution in [0.1, 0.15) is 23.5 Å². The Kier molecular flexibility index (Phi) is 5.12. The molecule has 0 aliphatic heterocycles. The van der Waals surface area contributed by atoms with Crippen molar-refractivity contribution in [2.75, 3.05) is 20.8 Å². The Morgan fingerprint density at radius 3 is 2.52 bits per heavy atom. The molecule has 2 unspecified atom stereocenters. The lowest BCUT2D eigenvalue weighted by atomic mass is 10.1. The molecule has 1 amide bonds. The summed E-state index contributed by atoms with van der Waals surface area (Å²) in [4.78, 5) is 12.3. The van der Waals surface area contributed by atoms with Crippen molar-refractivity contribution in [1.82, 2.24) is 5.32 Å². The second-order valence-corrected chi connectivity index (χ2v) is 6.27. The SMILES string of the molecule is COc1ccc(CCNC(=O)C2CC2c2ccc(O)cc2)cc1OC. The van der Waals surface area contributed by atoms with Crippen molar-refractivity contribution in [3.05, 3.63) is 53.6 Å². The van der Waals surface area contributed by atoms with Gasteiger partial charge in [0.15, 0.2) is 11.5 Å². The van der Waals surface area contributed by atoms with E-state index in [2.05, 4.69) is 5.32 Å². The number of aromatic hydroxyl groups is 1. The van der Waals surface area contributed by atoms with Crippen LogP contribution < -0.4 is 14.8 Å². The summed E-state index contributed by atoms with van der Waals surface area (Å²) in [6, 6.07) is 12.9. The number of amides is 1. The van der Waals surface area contributed by atoms with Crippen molar-refractivity contribution in [2.45, 2.75) is 18.8 Å². The molecule has 132 valence electrons. The van der Waals surface area contributed by atoms with E-state index in [-0.39, 0.29) is 23.5 Å². The number of ether oxygens (including phenoxy) is 2. The van der Waals surface area contributed by atoms with Crippen LogP contribution in [0.3, 0.4) is 0 Å². The standard InChI is InChI=1S/C20H23NO4/c1-24-18-8-3-13(11-19(18)25-2)9-10-21-20(23)17-12-16(17)14-4-6-15(22)7-5-14/h3-8,11,16-17,22H,9-10,12H2,1-2H3,(H,21,23). The topological polar surface area (TPSA) is 67.8 Å². The van der Waals surface area contributed by atoms with Crippen molar-refractivity contribution in [2.24, 2.45) is 5.92 Å². The number of hydrogen-bond donors (Lipinski definition) is 2. The number of phenolic OH excluding ortho intramolecular Hbond substituents is 1. The zero-order chi connectivity index (χ0) is 17.8. The lowest BCUT2D eigenvalue weighted by Gasteiger charge is -2.10. The fourth-order valence-corrected chi connectivity index (χ4v) is 3.07. The number of carbonyl (C=O) groups is 1. The van der Waals surface area contributed by atoms with E-state index in [1.54, 1.807) is 26.4 Å². The van der Waals surface area contributed by atoms with E-state index in [0.29, 0.717) is 18.0 Å². The highest BCUT2D eigenvalue weighted by Crippen LogP contribution is 2.47. The Balaban J connectivity index is 1.48. The summed E-state index contributed by atoms with van der Waals surface area (Å²) >= 11 is 0. The molecule has 2 aromatic rings. The molecular weight excluding hydrogens is 318 g/mol. The van der Waals surface area contributed by atoms with E-state index in [1.165, 1.54) is 0 Å². The number of phenols is 1. The highest BCUT2D eigenvalue weighted by molar-refractivity contribution is 5.82. The predicted molar refractivity (Wildman–Crippen MR) is 95.2 cm³/mol. The van der Waals surface area contributed by atoms with Crippen molar-refractivity contribution < 1.29 is 19.4 Å². The van der Waals surface area contributed by atoms with Gasteiger partial charge in [0, 0.05) is 12.5 Å². The molecule has 5 heteroatoms. The number of benzene rings is 2.